The number of hydrogen-bond acceptors (Lipinski definition) is 4. The number of aromatic nitrogens is 2. The number of hydrogen-bond donors (Lipinski definition) is 1. The minimum Gasteiger partial charge on any atom is -0.497 e. The molecule has 0 bridgehead atoms. The first-order valence-corrected chi connectivity index (χ1v) is 7.11. The van der Waals surface area contributed by atoms with E-state index < -0.39 is 11.2 Å². The lowest BCUT2D eigenvalue weighted by Crippen LogP contribution is -2.37. The van der Waals surface area contributed by atoms with E-state index in [0.29, 0.717) is 0 Å². The predicted molar refractivity (Wildman–Crippen MR) is 85.5 cm³/mol. The van der Waals surface area contributed by atoms with Crippen LogP contribution in [-0.4, -0.2) is 34.5 Å². The van der Waals surface area contributed by atoms with Gasteiger partial charge >= 0.3 is 5.69 Å². The molecule has 1 atom stereocenters. The third kappa shape index (κ3) is 3.88. The number of carbonyl (C=O) groups excluding carboxylic acids is 1. The van der Waals surface area contributed by atoms with Crippen molar-refractivity contribution in [2.75, 3.05) is 14.2 Å². The number of ether oxygens (including phenoxy) is 1. The van der Waals surface area contributed by atoms with Crippen molar-refractivity contribution in [2.24, 2.45) is 0 Å². The van der Waals surface area contributed by atoms with E-state index in [1.165, 1.54) is 16.8 Å². The van der Waals surface area contributed by atoms with Crippen molar-refractivity contribution in [1.29, 1.82) is 0 Å². The Kier molecular flexibility index (Phi) is 5.00. The van der Waals surface area contributed by atoms with E-state index >= 15 is 0 Å². The third-order valence-electron chi connectivity index (χ3n) is 3.77. The van der Waals surface area contributed by atoms with Crippen molar-refractivity contribution in [3.05, 3.63) is 62.9 Å². The molecule has 0 fully saturated rings. The Hall–Kier alpha value is -2.83. The molecule has 0 saturated heterocycles. The smallest absolute Gasteiger partial charge is 0.328 e. The maximum Gasteiger partial charge on any atom is 0.328 e. The van der Waals surface area contributed by atoms with E-state index in [0.717, 1.165) is 11.3 Å². The number of methoxy groups -OCH3 is 1. The van der Waals surface area contributed by atoms with Crippen molar-refractivity contribution in [1.82, 2.24) is 14.5 Å². The fraction of sp³-hybridized carbons (Fsp3) is 0.312. The first-order chi connectivity index (χ1) is 10.9. The van der Waals surface area contributed by atoms with Crippen LogP contribution in [0.3, 0.4) is 0 Å². The summed E-state index contributed by atoms with van der Waals surface area (Å²) >= 11 is 0. The lowest BCUT2D eigenvalue weighted by atomic mass is 10.1. The van der Waals surface area contributed by atoms with E-state index in [-0.39, 0.29) is 18.5 Å². The van der Waals surface area contributed by atoms with E-state index in [1.807, 2.05) is 31.2 Å². The lowest BCUT2D eigenvalue weighted by molar-refractivity contribution is -0.132. The number of likely N-dealkylation sites (N-methyl/N-ethyl adjacent to an activating group) is 1. The molecular weight excluding hydrogens is 298 g/mol. The van der Waals surface area contributed by atoms with Crippen LogP contribution in [0.2, 0.25) is 0 Å². The molecule has 0 spiro atoms. The molecule has 7 nitrogen and oxygen atoms in total. The Morgan fingerprint density at radius 3 is 2.48 bits per heavy atom. The molecule has 1 unspecified atom stereocenters. The molecular formula is C16H19N3O4. The molecule has 1 amide bonds. The topological polar surface area (TPSA) is 84.4 Å². The molecule has 1 aromatic heterocycles. The van der Waals surface area contributed by atoms with Gasteiger partial charge in [0, 0.05) is 19.3 Å². The Balaban J connectivity index is 2.11. The van der Waals surface area contributed by atoms with E-state index in [4.69, 9.17) is 4.74 Å². The maximum atomic E-state index is 12.3. The van der Waals surface area contributed by atoms with Crippen molar-refractivity contribution in [3.63, 3.8) is 0 Å². The van der Waals surface area contributed by atoms with Crippen molar-refractivity contribution < 1.29 is 9.53 Å². The highest BCUT2D eigenvalue weighted by molar-refractivity contribution is 5.76. The van der Waals surface area contributed by atoms with Crippen LogP contribution in [0.4, 0.5) is 0 Å². The minimum absolute atomic E-state index is 0.132. The molecule has 7 heteroatoms. The summed E-state index contributed by atoms with van der Waals surface area (Å²) in [6.45, 7) is 1.77. The Labute approximate surface area is 133 Å². The maximum absolute atomic E-state index is 12.3. The number of nitrogens with zero attached hydrogens (tertiary/aromatic N) is 2. The van der Waals surface area contributed by atoms with Gasteiger partial charge in [0.15, 0.2) is 0 Å². The number of amides is 1. The molecule has 122 valence electrons. The van der Waals surface area contributed by atoms with Crippen molar-refractivity contribution in [3.8, 4) is 5.75 Å². The van der Waals surface area contributed by atoms with Gasteiger partial charge in [0.1, 0.15) is 12.3 Å². The molecule has 23 heavy (non-hydrogen) atoms. The van der Waals surface area contributed by atoms with Gasteiger partial charge in [-0.25, -0.2) is 4.79 Å². The second kappa shape index (κ2) is 6.95. The van der Waals surface area contributed by atoms with E-state index in [2.05, 4.69) is 4.98 Å². The summed E-state index contributed by atoms with van der Waals surface area (Å²) < 4.78 is 6.28. The largest absolute Gasteiger partial charge is 0.497 e. The molecule has 2 aromatic rings. The monoisotopic (exact) mass is 317 g/mol. The molecule has 0 aliphatic heterocycles. The Morgan fingerprint density at radius 2 is 1.91 bits per heavy atom. The van der Waals surface area contributed by atoms with E-state index in [1.54, 1.807) is 19.1 Å². The number of nitrogens with one attached hydrogen (secondary N) is 1. The average molecular weight is 317 g/mol. The van der Waals surface area contributed by atoms with Gasteiger partial charge in [-0.3, -0.25) is 19.1 Å². The van der Waals surface area contributed by atoms with Gasteiger partial charge in [0.2, 0.25) is 5.91 Å². The average Bonchev–Trinajstić information content (AvgIpc) is 2.56. The number of carbonyl (C=O) groups is 1. The fourth-order valence-corrected chi connectivity index (χ4v) is 2.15. The zero-order valence-corrected chi connectivity index (χ0v) is 13.3. The first kappa shape index (κ1) is 16.5. The molecule has 0 aliphatic carbocycles. The van der Waals surface area contributed by atoms with Gasteiger partial charge in [-0.1, -0.05) is 12.1 Å². The van der Waals surface area contributed by atoms with Gasteiger partial charge in [-0.2, -0.15) is 0 Å². The highest BCUT2D eigenvalue weighted by Gasteiger charge is 2.18. The van der Waals surface area contributed by atoms with Gasteiger partial charge in [0.05, 0.1) is 13.2 Å². The van der Waals surface area contributed by atoms with Crippen molar-refractivity contribution in [2.45, 2.75) is 19.5 Å². The van der Waals surface area contributed by atoms with Gasteiger partial charge < -0.3 is 9.64 Å². The molecule has 0 saturated carbocycles. The fourth-order valence-electron chi connectivity index (χ4n) is 2.15. The summed E-state index contributed by atoms with van der Waals surface area (Å²) in [6, 6.07) is 8.49. The van der Waals surface area contributed by atoms with Gasteiger partial charge in [0.25, 0.3) is 5.56 Å². The van der Waals surface area contributed by atoms with Crippen LogP contribution in [0.5, 0.6) is 5.75 Å². The molecule has 2 rings (SSSR count). The van der Waals surface area contributed by atoms with Crippen LogP contribution in [-0.2, 0) is 11.3 Å². The molecule has 1 N–H and O–H groups in total. The highest BCUT2D eigenvalue weighted by Crippen LogP contribution is 2.21. The summed E-state index contributed by atoms with van der Waals surface area (Å²) in [4.78, 5) is 38.7. The summed E-state index contributed by atoms with van der Waals surface area (Å²) in [7, 11) is 3.27. The Bertz CT molecular complexity index is 792. The number of rotatable bonds is 5. The van der Waals surface area contributed by atoms with Gasteiger partial charge in [-0.05, 0) is 24.6 Å². The van der Waals surface area contributed by atoms with Gasteiger partial charge in [-0.15, -0.1) is 0 Å². The second-order valence-corrected chi connectivity index (χ2v) is 5.19. The minimum atomic E-state index is -0.601. The summed E-state index contributed by atoms with van der Waals surface area (Å²) in [5, 5.41) is 0. The predicted octanol–water partition coefficient (Wildman–Crippen LogP) is 0.765. The lowest BCUT2D eigenvalue weighted by Gasteiger charge is -2.25. The standard InChI is InChI=1S/C16H19N3O4/c1-11(12-4-6-13(23-3)7-5-12)18(2)15(21)10-19-9-8-14(20)17-16(19)22/h4-9,11H,10H2,1-3H3,(H,17,20,22). The first-order valence-electron chi connectivity index (χ1n) is 7.11. The van der Waals surface area contributed by atoms with Crippen LogP contribution >= 0.6 is 0 Å². The number of aromatic amines is 1. The third-order valence-corrected chi connectivity index (χ3v) is 3.77. The molecule has 1 heterocycles. The van der Waals surface area contributed by atoms with Crippen molar-refractivity contribution >= 4 is 5.91 Å². The second-order valence-electron chi connectivity index (χ2n) is 5.19. The number of benzene rings is 1. The zero-order valence-electron chi connectivity index (χ0n) is 13.3. The normalized spacial score (nSPS) is 11.8. The quantitative estimate of drug-likeness (QED) is 0.882. The summed E-state index contributed by atoms with van der Waals surface area (Å²) in [5.41, 5.74) is -0.134. The van der Waals surface area contributed by atoms with Crippen LogP contribution in [0.15, 0.2) is 46.1 Å². The van der Waals surface area contributed by atoms with Crippen LogP contribution in [0, 0.1) is 0 Å². The molecule has 0 aliphatic rings. The summed E-state index contributed by atoms with van der Waals surface area (Å²) in [6.07, 6.45) is 1.31. The van der Waals surface area contributed by atoms with Crippen LogP contribution in [0.25, 0.3) is 0 Å². The molecule has 1 aromatic carbocycles. The number of H-pyrrole nitrogens is 1. The highest BCUT2D eigenvalue weighted by atomic mass is 16.5. The van der Waals surface area contributed by atoms with Crippen LogP contribution in [0.1, 0.15) is 18.5 Å². The Morgan fingerprint density at radius 1 is 1.26 bits per heavy atom. The molecule has 0 radical (unpaired) electrons. The zero-order chi connectivity index (χ0) is 17.0. The van der Waals surface area contributed by atoms with E-state index in [9.17, 15) is 14.4 Å². The SMILES string of the molecule is COc1ccc(C(C)N(C)C(=O)Cn2ccc(=O)[nH]c2=O)cc1. The van der Waals surface area contributed by atoms with Crippen LogP contribution < -0.4 is 16.0 Å². The summed E-state index contributed by atoms with van der Waals surface area (Å²) in [5.74, 6) is 0.511.